The van der Waals surface area contributed by atoms with E-state index in [9.17, 15) is 0 Å². The summed E-state index contributed by atoms with van der Waals surface area (Å²) in [6.07, 6.45) is 0. The van der Waals surface area contributed by atoms with Gasteiger partial charge in [-0.3, -0.25) is 0 Å². The number of benzene rings is 2. The van der Waals surface area contributed by atoms with E-state index in [2.05, 4.69) is 77.9 Å². The summed E-state index contributed by atoms with van der Waals surface area (Å²) in [5, 5.41) is 0. The summed E-state index contributed by atoms with van der Waals surface area (Å²) >= 11 is 0. The van der Waals surface area contributed by atoms with Crippen LogP contribution in [0.5, 0.6) is 11.5 Å². The lowest BCUT2D eigenvalue weighted by molar-refractivity contribution is 0.00519. The lowest BCUT2D eigenvalue weighted by Crippen LogP contribution is -2.14. The Hall–Kier alpha value is -2.08. The summed E-state index contributed by atoms with van der Waals surface area (Å²) in [4.78, 5) is 0. The third-order valence-corrected chi connectivity index (χ3v) is 5.70. The maximum atomic E-state index is 6.22. The van der Waals surface area contributed by atoms with Gasteiger partial charge in [-0.15, -0.1) is 0 Å². The normalized spacial score (nSPS) is 17.2. The number of hydrogen-bond acceptors (Lipinski definition) is 5. The van der Waals surface area contributed by atoms with Gasteiger partial charge in [-0.05, 0) is 46.2 Å². The van der Waals surface area contributed by atoms with E-state index in [0.717, 1.165) is 22.6 Å². The molecule has 0 saturated carbocycles. The fourth-order valence-electron chi connectivity index (χ4n) is 3.63. The lowest BCUT2D eigenvalue weighted by atomic mass is 9.83. The molecule has 0 radical (unpaired) electrons. The largest absolute Gasteiger partial charge is 0.491 e. The Morgan fingerprint density at radius 2 is 0.818 bits per heavy atom. The van der Waals surface area contributed by atoms with Crippen LogP contribution in [0, 0.1) is 0 Å². The molecule has 1 aliphatic heterocycles. The molecule has 0 atom stereocenters. The van der Waals surface area contributed by atoms with Gasteiger partial charge in [-0.1, -0.05) is 53.7 Å². The second-order valence-electron chi connectivity index (χ2n) is 10.5. The predicted octanol–water partition coefficient (Wildman–Crippen LogP) is 5.77. The maximum Gasteiger partial charge on any atom is 0.127 e. The molecule has 2 aromatic carbocycles. The Balaban J connectivity index is 2.05. The molecule has 182 valence electrons. The standard InChI is InChI=1S/C28H40O5/c1-27(2,3)21-7-9-25-23(19-21)24-20-22(28(4,5)6)8-10-26(24)33-18-16-31-14-12-29-11-13-30-15-17-32-25/h7-10,19-20H,11-18H2,1-6H3. The molecule has 5 heteroatoms. The molecule has 3 rings (SSSR count). The van der Waals surface area contributed by atoms with Crippen molar-refractivity contribution < 1.29 is 23.7 Å². The topological polar surface area (TPSA) is 46.2 Å². The van der Waals surface area contributed by atoms with Gasteiger partial charge in [-0.25, -0.2) is 0 Å². The maximum absolute atomic E-state index is 6.22. The van der Waals surface area contributed by atoms with E-state index >= 15 is 0 Å². The molecule has 0 amide bonds. The highest BCUT2D eigenvalue weighted by Crippen LogP contribution is 2.41. The third-order valence-electron chi connectivity index (χ3n) is 5.70. The van der Waals surface area contributed by atoms with Crippen LogP contribution >= 0.6 is 0 Å². The minimum atomic E-state index is 0.0160. The summed E-state index contributed by atoms with van der Waals surface area (Å²) in [7, 11) is 0. The Kier molecular flexibility index (Phi) is 8.80. The average Bonchev–Trinajstić information content (AvgIpc) is 2.75. The van der Waals surface area contributed by atoms with Crippen molar-refractivity contribution in [1.29, 1.82) is 0 Å². The van der Waals surface area contributed by atoms with E-state index in [4.69, 9.17) is 23.7 Å². The highest BCUT2D eigenvalue weighted by atomic mass is 16.6. The summed E-state index contributed by atoms with van der Waals surface area (Å²) in [5.41, 5.74) is 4.61. The molecule has 0 unspecified atom stereocenters. The average molecular weight is 457 g/mol. The smallest absolute Gasteiger partial charge is 0.127 e. The van der Waals surface area contributed by atoms with Gasteiger partial charge in [0.15, 0.2) is 0 Å². The summed E-state index contributed by atoms with van der Waals surface area (Å²) in [5.74, 6) is 1.67. The molecule has 0 aliphatic carbocycles. The van der Waals surface area contributed by atoms with Gasteiger partial charge in [0.2, 0.25) is 0 Å². The lowest BCUT2D eigenvalue weighted by Gasteiger charge is -2.25. The van der Waals surface area contributed by atoms with Crippen LogP contribution in [0.3, 0.4) is 0 Å². The molecule has 1 heterocycles. The molecule has 33 heavy (non-hydrogen) atoms. The van der Waals surface area contributed by atoms with Crippen molar-refractivity contribution in [1.82, 2.24) is 0 Å². The van der Waals surface area contributed by atoms with Gasteiger partial charge in [0.25, 0.3) is 0 Å². The van der Waals surface area contributed by atoms with Crippen LogP contribution in [-0.4, -0.2) is 52.9 Å². The van der Waals surface area contributed by atoms with Gasteiger partial charge < -0.3 is 23.7 Å². The summed E-state index contributed by atoms with van der Waals surface area (Å²) in [6, 6.07) is 12.9. The second-order valence-corrected chi connectivity index (χ2v) is 10.5. The van der Waals surface area contributed by atoms with E-state index in [-0.39, 0.29) is 10.8 Å². The van der Waals surface area contributed by atoms with Gasteiger partial charge in [0.1, 0.15) is 24.7 Å². The van der Waals surface area contributed by atoms with Crippen molar-refractivity contribution in [2.24, 2.45) is 0 Å². The SMILES string of the molecule is CC(C)(C)c1ccc2c(c1)-c1cc(C(C)(C)C)ccc1OCCOCCOCCOCCO2. The second kappa shape index (κ2) is 11.4. The molecule has 2 aromatic rings. The van der Waals surface area contributed by atoms with Crippen LogP contribution in [0.1, 0.15) is 52.7 Å². The number of hydrogen-bond donors (Lipinski definition) is 0. The molecule has 0 fully saturated rings. The van der Waals surface area contributed by atoms with Crippen molar-refractivity contribution in [2.75, 3.05) is 52.9 Å². The van der Waals surface area contributed by atoms with Gasteiger partial charge >= 0.3 is 0 Å². The molecule has 5 nitrogen and oxygen atoms in total. The molecular formula is C28H40O5. The number of rotatable bonds is 0. The number of fused-ring (bicyclic) bond motifs is 3. The zero-order valence-electron chi connectivity index (χ0n) is 21.2. The summed E-state index contributed by atoms with van der Waals surface area (Å²) in [6.45, 7) is 17.5. The fourth-order valence-corrected chi connectivity index (χ4v) is 3.63. The van der Waals surface area contributed by atoms with Crippen molar-refractivity contribution in [3.05, 3.63) is 47.5 Å². The van der Waals surface area contributed by atoms with Crippen molar-refractivity contribution in [3.63, 3.8) is 0 Å². The van der Waals surface area contributed by atoms with E-state index in [1.165, 1.54) is 11.1 Å². The monoisotopic (exact) mass is 456 g/mol. The zero-order valence-corrected chi connectivity index (χ0v) is 21.2. The highest BCUT2D eigenvalue weighted by Gasteiger charge is 2.22. The van der Waals surface area contributed by atoms with E-state index < -0.39 is 0 Å². The molecule has 0 saturated heterocycles. The minimum absolute atomic E-state index is 0.0160. The quantitative estimate of drug-likeness (QED) is 0.504. The van der Waals surface area contributed by atoms with Crippen molar-refractivity contribution in [2.45, 2.75) is 52.4 Å². The van der Waals surface area contributed by atoms with Crippen LogP contribution in [-0.2, 0) is 25.0 Å². The first kappa shape index (κ1) is 25.5. The number of ether oxygens (including phenoxy) is 5. The van der Waals surface area contributed by atoms with Crippen LogP contribution in [0.25, 0.3) is 11.1 Å². The Morgan fingerprint density at radius 3 is 1.15 bits per heavy atom. The van der Waals surface area contributed by atoms with Crippen LogP contribution in [0.4, 0.5) is 0 Å². The fraction of sp³-hybridized carbons (Fsp3) is 0.571. The predicted molar refractivity (Wildman–Crippen MR) is 133 cm³/mol. The molecule has 0 N–H and O–H groups in total. The minimum Gasteiger partial charge on any atom is -0.491 e. The van der Waals surface area contributed by atoms with Gasteiger partial charge in [0.05, 0.1) is 39.6 Å². The summed E-state index contributed by atoms with van der Waals surface area (Å²) < 4.78 is 29.3. The highest BCUT2D eigenvalue weighted by molar-refractivity contribution is 5.77. The molecule has 0 bridgehead atoms. The Morgan fingerprint density at radius 1 is 0.485 bits per heavy atom. The van der Waals surface area contributed by atoms with Crippen LogP contribution < -0.4 is 9.47 Å². The van der Waals surface area contributed by atoms with Gasteiger partial charge in [0, 0.05) is 11.1 Å². The molecule has 0 aromatic heterocycles. The van der Waals surface area contributed by atoms with Crippen molar-refractivity contribution >= 4 is 0 Å². The molecule has 0 spiro atoms. The van der Waals surface area contributed by atoms with Crippen molar-refractivity contribution in [3.8, 4) is 22.6 Å². The van der Waals surface area contributed by atoms with Crippen LogP contribution in [0.15, 0.2) is 36.4 Å². The molecule has 1 aliphatic rings. The Bertz CT molecular complexity index is 819. The first-order valence-corrected chi connectivity index (χ1v) is 11.9. The van der Waals surface area contributed by atoms with Crippen LogP contribution in [0.2, 0.25) is 0 Å². The van der Waals surface area contributed by atoms with E-state index in [1.54, 1.807) is 0 Å². The molecular weight excluding hydrogens is 416 g/mol. The third kappa shape index (κ3) is 7.46. The van der Waals surface area contributed by atoms with Gasteiger partial charge in [-0.2, -0.15) is 0 Å². The van der Waals surface area contributed by atoms with E-state index in [1.807, 2.05) is 0 Å². The first-order valence-electron chi connectivity index (χ1n) is 11.9. The Labute approximate surface area is 199 Å². The first-order chi connectivity index (χ1) is 15.7. The van der Waals surface area contributed by atoms with E-state index in [0.29, 0.717) is 52.9 Å². The zero-order chi connectivity index (χ0) is 23.9.